The molecule has 23 heavy (non-hydrogen) atoms. The van der Waals surface area contributed by atoms with E-state index < -0.39 is 19.5 Å². The second kappa shape index (κ2) is 10.4. The quantitative estimate of drug-likeness (QED) is 0.375. The zero-order valence-electron chi connectivity index (χ0n) is 17.7. The van der Waals surface area contributed by atoms with E-state index in [1.807, 2.05) is 0 Å². The molecular formula is C19H44O2Si2. The third kappa shape index (κ3) is 7.01. The standard InChI is InChI=1S/C19H44O2Si2/c1-14(2)18(9,15(3)4)20-22-12-11-13-23-21-19(10,16(5)6)17(7)8/h14-17H,11-13,22-23H2,1-10H3. The van der Waals surface area contributed by atoms with Crippen molar-refractivity contribution in [3.8, 4) is 0 Å². The maximum Gasteiger partial charge on any atom is 0.162 e. The molecule has 2 nitrogen and oxygen atoms in total. The fourth-order valence-electron chi connectivity index (χ4n) is 2.97. The largest absolute Gasteiger partial charge is 0.418 e. The number of hydrogen-bond acceptors (Lipinski definition) is 2. The molecule has 0 unspecified atom stereocenters. The van der Waals surface area contributed by atoms with Gasteiger partial charge in [-0.2, -0.15) is 0 Å². The summed E-state index contributed by atoms with van der Waals surface area (Å²) in [4.78, 5) is 0. The SMILES string of the molecule is CC(C)C(C)(O[SiH2]CCC[SiH2]OC(C)(C(C)C)C(C)C)C(C)C. The highest BCUT2D eigenvalue weighted by atomic mass is 28.2. The van der Waals surface area contributed by atoms with Gasteiger partial charge in [-0.05, 0) is 49.6 Å². The van der Waals surface area contributed by atoms with Gasteiger partial charge >= 0.3 is 0 Å². The van der Waals surface area contributed by atoms with Crippen LogP contribution < -0.4 is 0 Å². The van der Waals surface area contributed by atoms with Gasteiger partial charge in [0.2, 0.25) is 0 Å². The maximum atomic E-state index is 6.39. The lowest BCUT2D eigenvalue weighted by Gasteiger charge is -2.39. The third-order valence-corrected chi connectivity index (χ3v) is 9.43. The van der Waals surface area contributed by atoms with Crippen LogP contribution in [-0.2, 0) is 8.85 Å². The highest BCUT2D eigenvalue weighted by Gasteiger charge is 2.33. The third-order valence-electron chi connectivity index (χ3n) is 6.20. The van der Waals surface area contributed by atoms with Crippen molar-refractivity contribution < 1.29 is 8.85 Å². The maximum absolute atomic E-state index is 6.39. The van der Waals surface area contributed by atoms with Crippen LogP contribution in [0.5, 0.6) is 0 Å². The summed E-state index contributed by atoms with van der Waals surface area (Å²) in [5, 5.41) is 0. The van der Waals surface area contributed by atoms with Crippen LogP contribution >= 0.6 is 0 Å². The molecule has 0 rings (SSSR count). The summed E-state index contributed by atoms with van der Waals surface area (Å²) >= 11 is 0. The minimum atomic E-state index is -0.405. The van der Waals surface area contributed by atoms with Crippen LogP contribution in [-0.4, -0.2) is 30.7 Å². The van der Waals surface area contributed by atoms with E-state index in [-0.39, 0.29) is 11.2 Å². The molecule has 0 aromatic carbocycles. The molecule has 0 atom stereocenters. The zero-order chi connectivity index (χ0) is 18.3. The first-order valence-electron chi connectivity index (χ1n) is 9.76. The van der Waals surface area contributed by atoms with E-state index in [1.54, 1.807) is 0 Å². The van der Waals surface area contributed by atoms with Crippen molar-refractivity contribution in [2.24, 2.45) is 23.7 Å². The van der Waals surface area contributed by atoms with Crippen molar-refractivity contribution in [3.05, 3.63) is 0 Å². The van der Waals surface area contributed by atoms with Crippen LogP contribution in [0, 0.1) is 23.7 Å². The summed E-state index contributed by atoms with van der Waals surface area (Å²) in [6.07, 6.45) is 1.30. The molecule has 140 valence electrons. The molecule has 0 radical (unpaired) electrons. The van der Waals surface area contributed by atoms with Crippen molar-refractivity contribution in [2.45, 2.75) is 98.9 Å². The normalized spacial score (nSPS) is 14.9. The molecular weight excluding hydrogens is 316 g/mol. The highest BCUT2D eigenvalue weighted by molar-refractivity contribution is 6.29. The Hall–Kier alpha value is 0.354. The smallest absolute Gasteiger partial charge is 0.162 e. The molecule has 0 aliphatic rings. The Morgan fingerprint density at radius 3 is 1.09 bits per heavy atom. The molecule has 0 aliphatic carbocycles. The van der Waals surface area contributed by atoms with Crippen molar-refractivity contribution in [1.29, 1.82) is 0 Å². The van der Waals surface area contributed by atoms with Crippen LogP contribution in [0.4, 0.5) is 0 Å². The minimum Gasteiger partial charge on any atom is -0.418 e. The van der Waals surface area contributed by atoms with E-state index in [0.717, 1.165) is 0 Å². The summed E-state index contributed by atoms with van der Waals surface area (Å²) in [5.41, 5.74) is 0.127. The van der Waals surface area contributed by atoms with E-state index in [0.29, 0.717) is 23.7 Å². The van der Waals surface area contributed by atoms with E-state index in [9.17, 15) is 0 Å². The van der Waals surface area contributed by atoms with Gasteiger partial charge in [-0.3, -0.25) is 0 Å². The summed E-state index contributed by atoms with van der Waals surface area (Å²) < 4.78 is 12.8. The Morgan fingerprint density at radius 2 is 0.870 bits per heavy atom. The lowest BCUT2D eigenvalue weighted by Crippen LogP contribution is -2.41. The second-order valence-corrected chi connectivity index (χ2v) is 11.6. The van der Waals surface area contributed by atoms with Crippen LogP contribution in [0.15, 0.2) is 0 Å². The van der Waals surface area contributed by atoms with Gasteiger partial charge in [0, 0.05) is 0 Å². The lowest BCUT2D eigenvalue weighted by molar-refractivity contribution is -0.00204. The molecule has 0 saturated heterocycles. The van der Waals surface area contributed by atoms with Gasteiger partial charge in [-0.25, -0.2) is 0 Å². The van der Waals surface area contributed by atoms with Crippen molar-refractivity contribution in [3.63, 3.8) is 0 Å². The van der Waals surface area contributed by atoms with Crippen molar-refractivity contribution >= 4 is 19.5 Å². The Morgan fingerprint density at radius 1 is 0.609 bits per heavy atom. The Kier molecular flexibility index (Phi) is 10.5. The predicted molar refractivity (Wildman–Crippen MR) is 110 cm³/mol. The Bertz CT molecular complexity index is 268. The predicted octanol–water partition coefficient (Wildman–Crippen LogP) is 4.56. The minimum absolute atomic E-state index is 0.0635. The summed E-state index contributed by atoms with van der Waals surface area (Å²) in [7, 11) is -0.810. The molecule has 0 aliphatic heterocycles. The first-order chi connectivity index (χ1) is 10.5. The summed E-state index contributed by atoms with van der Waals surface area (Å²) in [6, 6.07) is 2.59. The molecule has 4 heteroatoms. The average molecular weight is 361 g/mol. The van der Waals surface area contributed by atoms with Crippen LogP contribution in [0.25, 0.3) is 0 Å². The van der Waals surface area contributed by atoms with Crippen LogP contribution in [0.3, 0.4) is 0 Å². The van der Waals surface area contributed by atoms with E-state index >= 15 is 0 Å². The van der Waals surface area contributed by atoms with Crippen LogP contribution in [0.1, 0.15) is 75.7 Å². The second-order valence-electron chi connectivity index (χ2n) is 8.74. The van der Waals surface area contributed by atoms with Gasteiger partial charge in [-0.15, -0.1) is 0 Å². The Labute approximate surface area is 151 Å². The van der Waals surface area contributed by atoms with Gasteiger partial charge < -0.3 is 8.85 Å². The zero-order valence-corrected chi connectivity index (χ0v) is 20.5. The van der Waals surface area contributed by atoms with Gasteiger partial charge in [0.1, 0.15) is 0 Å². The monoisotopic (exact) mass is 360 g/mol. The van der Waals surface area contributed by atoms with Crippen molar-refractivity contribution in [2.75, 3.05) is 0 Å². The van der Waals surface area contributed by atoms with Gasteiger partial charge in [-0.1, -0.05) is 61.8 Å². The van der Waals surface area contributed by atoms with Gasteiger partial charge in [0.25, 0.3) is 0 Å². The first-order valence-corrected chi connectivity index (χ1v) is 12.9. The lowest BCUT2D eigenvalue weighted by atomic mass is 9.82. The molecule has 0 spiro atoms. The molecule has 0 saturated carbocycles. The van der Waals surface area contributed by atoms with E-state index in [1.165, 1.54) is 18.5 Å². The molecule has 0 fully saturated rings. The average Bonchev–Trinajstić information content (AvgIpc) is 2.44. The van der Waals surface area contributed by atoms with E-state index in [4.69, 9.17) is 8.85 Å². The highest BCUT2D eigenvalue weighted by Crippen LogP contribution is 2.31. The molecule has 0 aromatic heterocycles. The fraction of sp³-hybridized carbons (Fsp3) is 1.00. The number of hydrogen-bond donors (Lipinski definition) is 0. The fourth-order valence-corrected chi connectivity index (χ4v) is 7.29. The first kappa shape index (κ1) is 23.4. The summed E-state index contributed by atoms with van der Waals surface area (Å²) in [5.74, 6) is 2.35. The Balaban J connectivity index is 4.03. The molecule has 0 N–H and O–H groups in total. The molecule has 0 aromatic rings. The number of rotatable bonds is 12. The summed E-state index contributed by atoms with van der Waals surface area (Å²) in [6.45, 7) is 22.9. The topological polar surface area (TPSA) is 18.5 Å². The van der Waals surface area contributed by atoms with E-state index in [2.05, 4.69) is 69.2 Å². The molecule has 0 amide bonds. The molecule has 0 heterocycles. The van der Waals surface area contributed by atoms with Gasteiger partial charge in [0.15, 0.2) is 19.5 Å². The van der Waals surface area contributed by atoms with Gasteiger partial charge in [0.05, 0.1) is 11.2 Å². The van der Waals surface area contributed by atoms with Crippen molar-refractivity contribution in [1.82, 2.24) is 0 Å². The molecule has 0 bridgehead atoms. The van der Waals surface area contributed by atoms with Crippen LogP contribution in [0.2, 0.25) is 12.1 Å².